The molecule has 4 aromatic rings. The molecule has 0 saturated carbocycles. The zero-order valence-corrected chi connectivity index (χ0v) is 24.4. The van der Waals surface area contributed by atoms with Crippen molar-refractivity contribution in [3.05, 3.63) is 77.1 Å². The Kier molecular flexibility index (Phi) is 8.34. The summed E-state index contributed by atoms with van der Waals surface area (Å²) in [6.45, 7) is 1.21. The van der Waals surface area contributed by atoms with Gasteiger partial charge in [-0.3, -0.25) is 0 Å². The van der Waals surface area contributed by atoms with Gasteiger partial charge >= 0.3 is 0 Å². The normalized spacial score (nSPS) is 14.6. The summed E-state index contributed by atoms with van der Waals surface area (Å²) in [5.41, 5.74) is 0.739. The second-order valence-electron chi connectivity index (χ2n) is 10.3. The fraction of sp³-hybridized carbons (Fsp3) is 0.344. The molecule has 3 heterocycles. The van der Waals surface area contributed by atoms with E-state index in [0.717, 1.165) is 10.8 Å². The second kappa shape index (κ2) is 12.1. The molecule has 10 nitrogen and oxygen atoms in total. The monoisotopic (exact) mass is 570 g/mol. The lowest BCUT2D eigenvalue weighted by Gasteiger charge is -2.40. The molecule has 218 valence electrons. The van der Waals surface area contributed by atoms with Crippen LogP contribution in [-0.2, 0) is 5.60 Å². The van der Waals surface area contributed by atoms with Crippen LogP contribution in [0.4, 0.5) is 0 Å². The van der Waals surface area contributed by atoms with Crippen LogP contribution < -0.4 is 23.7 Å². The highest BCUT2D eigenvalue weighted by atomic mass is 16.6. The molecule has 1 aliphatic heterocycles. The van der Waals surface area contributed by atoms with Gasteiger partial charge in [0.2, 0.25) is 0 Å². The molecule has 0 bridgehead atoms. The molecule has 0 radical (unpaired) electrons. The molecule has 10 heteroatoms. The summed E-state index contributed by atoms with van der Waals surface area (Å²) in [7, 11) is 8.56. The number of methoxy groups -OCH3 is 3. The highest BCUT2D eigenvalue weighted by molar-refractivity contribution is 5.87. The third-order valence-electron chi connectivity index (χ3n) is 7.56. The molecule has 0 spiro atoms. The lowest BCUT2D eigenvalue weighted by atomic mass is 9.71. The number of pyridine rings is 2. The molecule has 5 rings (SSSR count). The number of rotatable bonds is 10. The third kappa shape index (κ3) is 5.24. The van der Waals surface area contributed by atoms with E-state index < -0.39 is 11.5 Å². The minimum atomic E-state index is -1.61. The van der Waals surface area contributed by atoms with E-state index in [1.54, 1.807) is 38.7 Å². The SMILES string of the molecule is COc1cc2ccc(C#N)cc2cc1[C@@H](c1ccnc(OC)c1OC)[C@@](O)(CCN(C)C)c1ccnc2c1OCCO2. The van der Waals surface area contributed by atoms with Crippen LogP contribution in [0.5, 0.6) is 29.0 Å². The van der Waals surface area contributed by atoms with Crippen molar-refractivity contribution in [2.75, 3.05) is 55.2 Å². The fourth-order valence-corrected chi connectivity index (χ4v) is 5.59. The smallest absolute Gasteiger partial charge is 0.257 e. The van der Waals surface area contributed by atoms with Crippen molar-refractivity contribution in [3.8, 4) is 35.1 Å². The zero-order valence-electron chi connectivity index (χ0n) is 24.4. The Morgan fingerprint density at radius 3 is 2.45 bits per heavy atom. The predicted molar refractivity (Wildman–Crippen MR) is 157 cm³/mol. The number of hydrogen-bond donors (Lipinski definition) is 1. The predicted octanol–water partition coefficient (Wildman–Crippen LogP) is 4.27. The Bertz CT molecular complexity index is 1640. The molecule has 0 fully saturated rings. The van der Waals surface area contributed by atoms with Crippen molar-refractivity contribution < 1.29 is 28.8 Å². The lowest BCUT2D eigenvalue weighted by molar-refractivity contribution is -0.00118. The van der Waals surface area contributed by atoms with Gasteiger partial charge < -0.3 is 33.7 Å². The quantitative estimate of drug-likeness (QED) is 0.296. The summed E-state index contributed by atoms with van der Waals surface area (Å²) in [5, 5.41) is 24.5. The van der Waals surface area contributed by atoms with E-state index in [9.17, 15) is 10.4 Å². The Balaban J connectivity index is 1.89. The number of ether oxygens (including phenoxy) is 5. The highest BCUT2D eigenvalue weighted by Gasteiger charge is 2.46. The standard InChI is InChI=1S/C32H34N4O6/c1-36(2)13-10-32(37,25-9-12-35-31-29(25)41-14-15-42-31)27(23-8-11-34-30(40-5)28(23)39-4)24-17-22-16-20(19-33)6-7-21(22)18-26(24)38-3/h6-9,11-12,16-18,27,37H,10,13-15H2,1-5H3/t27-,32-/m1/s1. The first-order valence-electron chi connectivity index (χ1n) is 13.6. The molecule has 0 unspecified atom stereocenters. The van der Waals surface area contributed by atoms with Crippen LogP contribution in [0.25, 0.3) is 10.8 Å². The fourth-order valence-electron chi connectivity index (χ4n) is 5.59. The highest BCUT2D eigenvalue weighted by Crippen LogP contribution is 2.54. The van der Waals surface area contributed by atoms with Crippen LogP contribution in [0.3, 0.4) is 0 Å². The van der Waals surface area contributed by atoms with Crippen LogP contribution in [0, 0.1) is 11.3 Å². The summed E-state index contributed by atoms with van der Waals surface area (Å²) >= 11 is 0. The first kappa shape index (κ1) is 28.9. The van der Waals surface area contributed by atoms with Gasteiger partial charge in [0.1, 0.15) is 24.6 Å². The van der Waals surface area contributed by atoms with Gasteiger partial charge in [-0.25, -0.2) is 9.97 Å². The third-order valence-corrected chi connectivity index (χ3v) is 7.56. The van der Waals surface area contributed by atoms with E-state index >= 15 is 0 Å². The van der Waals surface area contributed by atoms with Crippen LogP contribution in [-0.4, -0.2) is 75.2 Å². The molecule has 2 aromatic carbocycles. The van der Waals surface area contributed by atoms with Crippen molar-refractivity contribution in [1.82, 2.24) is 14.9 Å². The number of fused-ring (bicyclic) bond motifs is 2. The molecule has 0 saturated heterocycles. The van der Waals surface area contributed by atoms with Gasteiger partial charge in [-0.05, 0) is 67.7 Å². The van der Waals surface area contributed by atoms with Gasteiger partial charge in [0.25, 0.3) is 11.8 Å². The maximum atomic E-state index is 13.2. The minimum absolute atomic E-state index is 0.276. The molecule has 2 aromatic heterocycles. The number of nitriles is 1. The zero-order chi connectivity index (χ0) is 29.9. The number of nitrogens with zero attached hydrogens (tertiary/aromatic N) is 4. The van der Waals surface area contributed by atoms with Gasteiger partial charge in [0.05, 0.1) is 33.0 Å². The molecular weight excluding hydrogens is 536 g/mol. The van der Waals surface area contributed by atoms with Crippen molar-refractivity contribution in [2.24, 2.45) is 0 Å². The van der Waals surface area contributed by atoms with E-state index in [4.69, 9.17) is 23.7 Å². The first-order valence-corrected chi connectivity index (χ1v) is 13.6. The first-order chi connectivity index (χ1) is 20.3. The van der Waals surface area contributed by atoms with Gasteiger partial charge in [-0.1, -0.05) is 6.07 Å². The van der Waals surface area contributed by atoms with E-state index in [-0.39, 0.29) is 12.3 Å². The van der Waals surface area contributed by atoms with Crippen LogP contribution in [0.1, 0.15) is 34.6 Å². The van der Waals surface area contributed by atoms with Crippen LogP contribution in [0.2, 0.25) is 0 Å². The molecule has 1 N–H and O–H groups in total. The van der Waals surface area contributed by atoms with E-state index in [2.05, 4.69) is 16.0 Å². The summed E-state index contributed by atoms with van der Waals surface area (Å²) in [4.78, 5) is 10.7. The maximum Gasteiger partial charge on any atom is 0.257 e. The average molecular weight is 571 g/mol. The number of aliphatic hydroxyl groups is 1. The van der Waals surface area contributed by atoms with Gasteiger partial charge in [0, 0.05) is 41.5 Å². The summed E-state index contributed by atoms with van der Waals surface area (Å²) in [5.74, 6) is 1.13. The summed E-state index contributed by atoms with van der Waals surface area (Å²) in [6.07, 6.45) is 3.53. The molecule has 0 aliphatic carbocycles. The van der Waals surface area contributed by atoms with E-state index in [0.29, 0.717) is 65.1 Å². The van der Waals surface area contributed by atoms with Gasteiger partial charge in [0.15, 0.2) is 11.5 Å². The lowest BCUT2D eigenvalue weighted by Crippen LogP contribution is -2.39. The molecule has 0 amide bonds. The number of aromatic nitrogens is 2. The Morgan fingerprint density at radius 2 is 1.74 bits per heavy atom. The van der Waals surface area contributed by atoms with Crippen molar-refractivity contribution in [2.45, 2.75) is 17.9 Å². The second-order valence-corrected chi connectivity index (χ2v) is 10.3. The summed E-state index contributed by atoms with van der Waals surface area (Å²) < 4.78 is 29.3. The van der Waals surface area contributed by atoms with Gasteiger partial charge in [-0.15, -0.1) is 0 Å². The summed E-state index contributed by atoms with van der Waals surface area (Å²) in [6, 6.07) is 15.1. The van der Waals surface area contributed by atoms with Gasteiger partial charge in [-0.2, -0.15) is 5.26 Å². The maximum absolute atomic E-state index is 13.2. The largest absolute Gasteiger partial charge is 0.496 e. The Morgan fingerprint density at radius 1 is 0.952 bits per heavy atom. The molecule has 2 atom stereocenters. The van der Waals surface area contributed by atoms with Crippen molar-refractivity contribution >= 4 is 10.8 Å². The molecule has 1 aliphatic rings. The van der Waals surface area contributed by atoms with E-state index in [1.165, 1.54) is 7.11 Å². The molecule has 42 heavy (non-hydrogen) atoms. The van der Waals surface area contributed by atoms with Crippen molar-refractivity contribution in [3.63, 3.8) is 0 Å². The van der Waals surface area contributed by atoms with E-state index in [1.807, 2.05) is 49.3 Å². The van der Waals surface area contributed by atoms with Crippen LogP contribution in [0.15, 0.2) is 54.9 Å². The number of hydrogen-bond acceptors (Lipinski definition) is 10. The molecular formula is C32H34N4O6. The average Bonchev–Trinajstić information content (AvgIpc) is 3.02. The topological polar surface area (TPSA) is 119 Å². The Labute approximate surface area is 245 Å². The minimum Gasteiger partial charge on any atom is -0.496 e. The number of benzene rings is 2. The van der Waals surface area contributed by atoms with Crippen LogP contribution >= 0.6 is 0 Å². The Hall–Kier alpha value is -4.59. The van der Waals surface area contributed by atoms with Crippen molar-refractivity contribution in [1.29, 1.82) is 5.26 Å².